The van der Waals surface area contributed by atoms with Crippen molar-refractivity contribution in [1.82, 2.24) is 10.2 Å². The van der Waals surface area contributed by atoms with Crippen molar-refractivity contribution in [3.63, 3.8) is 0 Å². The summed E-state index contributed by atoms with van der Waals surface area (Å²) in [6.07, 6.45) is 1.29. The lowest BCUT2D eigenvalue weighted by atomic mass is 10.0. The van der Waals surface area contributed by atoms with Crippen LogP contribution in [0.15, 0.2) is 0 Å². The number of carbonyl (C=O) groups excluding carboxylic acids is 1. The maximum absolute atomic E-state index is 11.5. The summed E-state index contributed by atoms with van der Waals surface area (Å²) in [6.45, 7) is 9.05. The van der Waals surface area contributed by atoms with E-state index in [1.165, 1.54) is 0 Å². The number of hydrogen-bond donors (Lipinski definition) is 1. The third-order valence-electron chi connectivity index (χ3n) is 2.54. The predicted octanol–water partition coefficient (Wildman–Crippen LogP) is 1.20. The van der Waals surface area contributed by atoms with Gasteiger partial charge in [-0.25, -0.2) is 0 Å². The lowest BCUT2D eigenvalue weighted by molar-refractivity contribution is -0.129. The van der Waals surface area contributed by atoms with Gasteiger partial charge in [0, 0.05) is 6.04 Å². The van der Waals surface area contributed by atoms with Crippen LogP contribution in [0.3, 0.4) is 0 Å². The molecule has 1 N–H and O–H groups in total. The minimum atomic E-state index is 0.209. The van der Waals surface area contributed by atoms with Crippen LogP contribution in [0.1, 0.15) is 34.1 Å². The highest BCUT2D eigenvalue weighted by Crippen LogP contribution is 2.16. The van der Waals surface area contributed by atoms with Gasteiger partial charge < -0.3 is 4.90 Å². The molecule has 3 heteroatoms. The normalized spacial score (nSPS) is 25.8. The van der Waals surface area contributed by atoms with E-state index in [1.54, 1.807) is 0 Å². The van der Waals surface area contributed by atoms with E-state index in [2.05, 4.69) is 26.1 Å². The minimum absolute atomic E-state index is 0.209. The van der Waals surface area contributed by atoms with Crippen molar-refractivity contribution < 1.29 is 4.79 Å². The molecule has 0 bridgehead atoms. The van der Waals surface area contributed by atoms with E-state index >= 15 is 0 Å². The van der Waals surface area contributed by atoms with Gasteiger partial charge in [-0.05, 0) is 26.2 Å². The summed E-state index contributed by atoms with van der Waals surface area (Å²) >= 11 is 0. The van der Waals surface area contributed by atoms with Gasteiger partial charge in [-0.1, -0.05) is 13.8 Å². The average molecular weight is 184 g/mol. The predicted molar refractivity (Wildman–Crippen MR) is 53.2 cm³/mol. The Bertz CT molecular complexity index is 191. The van der Waals surface area contributed by atoms with Gasteiger partial charge in [-0.15, -0.1) is 0 Å². The van der Waals surface area contributed by atoms with E-state index in [9.17, 15) is 4.79 Å². The van der Waals surface area contributed by atoms with Crippen LogP contribution in [0, 0.1) is 5.92 Å². The summed E-state index contributed by atoms with van der Waals surface area (Å²) in [7, 11) is 0. The fourth-order valence-electron chi connectivity index (χ4n) is 2.06. The van der Waals surface area contributed by atoms with Crippen LogP contribution in [0.4, 0.5) is 0 Å². The maximum Gasteiger partial charge on any atom is 0.238 e. The van der Waals surface area contributed by atoms with E-state index in [0.717, 1.165) is 6.42 Å². The molecular weight excluding hydrogens is 164 g/mol. The Morgan fingerprint density at radius 1 is 1.54 bits per heavy atom. The molecule has 0 spiro atoms. The molecule has 1 saturated heterocycles. The van der Waals surface area contributed by atoms with Gasteiger partial charge in [0.15, 0.2) is 0 Å². The van der Waals surface area contributed by atoms with Crippen molar-refractivity contribution in [2.45, 2.75) is 46.3 Å². The molecule has 0 saturated carbocycles. The second-order valence-electron chi connectivity index (χ2n) is 4.34. The minimum Gasteiger partial charge on any atom is -0.324 e. The topological polar surface area (TPSA) is 32.3 Å². The van der Waals surface area contributed by atoms with Gasteiger partial charge in [-0.2, -0.15) is 0 Å². The smallest absolute Gasteiger partial charge is 0.238 e. The summed E-state index contributed by atoms with van der Waals surface area (Å²) in [5, 5.41) is 3.15. The molecule has 76 valence electrons. The fourth-order valence-corrected chi connectivity index (χ4v) is 2.06. The molecule has 2 unspecified atom stereocenters. The van der Waals surface area contributed by atoms with Crippen molar-refractivity contribution in [3.05, 3.63) is 0 Å². The van der Waals surface area contributed by atoms with Gasteiger partial charge in [-0.3, -0.25) is 10.1 Å². The van der Waals surface area contributed by atoms with Gasteiger partial charge in [0.25, 0.3) is 0 Å². The van der Waals surface area contributed by atoms with Crippen molar-refractivity contribution in [3.8, 4) is 0 Å². The number of nitrogens with one attached hydrogen (secondary N) is 1. The molecule has 0 aromatic rings. The maximum atomic E-state index is 11.5. The lowest BCUT2D eigenvalue weighted by Crippen LogP contribution is -2.42. The van der Waals surface area contributed by atoms with Gasteiger partial charge in [0.1, 0.15) is 0 Å². The van der Waals surface area contributed by atoms with E-state index in [1.807, 2.05) is 11.8 Å². The molecule has 0 aromatic carbocycles. The first-order valence-corrected chi connectivity index (χ1v) is 5.07. The molecule has 1 rings (SSSR count). The average Bonchev–Trinajstić information content (AvgIpc) is 2.29. The number of rotatable bonds is 3. The first-order valence-electron chi connectivity index (χ1n) is 5.07. The van der Waals surface area contributed by atoms with Gasteiger partial charge in [0.2, 0.25) is 5.91 Å². The molecule has 1 aliphatic rings. The van der Waals surface area contributed by atoms with Crippen LogP contribution in [0.2, 0.25) is 0 Å². The molecule has 2 atom stereocenters. The summed E-state index contributed by atoms with van der Waals surface area (Å²) in [5.74, 6) is 0.885. The van der Waals surface area contributed by atoms with Crippen molar-refractivity contribution in [2.24, 2.45) is 5.92 Å². The Kier molecular flexibility index (Phi) is 3.31. The number of hydrogen-bond acceptors (Lipinski definition) is 2. The molecule has 13 heavy (non-hydrogen) atoms. The summed E-state index contributed by atoms with van der Waals surface area (Å²) < 4.78 is 0. The standard InChI is InChI=1S/C10H20N2O/c1-7(2)5-8(3)12-9(4)11-6-10(12)13/h7-9,11H,5-6H2,1-4H3. The molecule has 1 fully saturated rings. The number of amides is 1. The number of nitrogens with zero attached hydrogens (tertiary/aromatic N) is 1. The quantitative estimate of drug-likeness (QED) is 0.714. The zero-order chi connectivity index (χ0) is 10.0. The zero-order valence-corrected chi connectivity index (χ0v) is 9.00. The molecule has 3 nitrogen and oxygen atoms in total. The Morgan fingerprint density at radius 3 is 2.54 bits per heavy atom. The third-order valence-corrected chi connectivity index (χ3v) is 2.54. The van der Waals surface area contributed by atoms with Crippen LogP contribution in [-0.2, 0) is 4.79 Å². The van der Waals surface area contributed by atoms with E-state index < -0.39 is 0 Å². The molecule has 1 aliphatic heterocycles. The summed E-state index contributed by atoms with van der Waals surface area (Å²) in [5.41, 5.74) is 0. The molecule has 0 radical (unpaired) electrons. The highest BCUT2D eigenvalue weighted by Gasteiger charge is 2.30. The van der Waals surface area contributed by atoms with Crippen LogP contribution in [0.25, 0.3) is 0 Å². The molecule has 0 aliphatic carbocycles. The van der Waals surface area contributed by atoms with E-state index in [0.29, 0.717) is 18.5 Å². The van der Waals surface area contributed by atoms with Gasteiger partial charge in [0.05, 0.1) is 12.7 Å². The Balaban J connectivity index is 2.53. The number of carbonyl (C=O) groups is 1. The third kappa shape index (κ3) is 2.44. The van der Waals surface area contributed by atoms with E-state index in [-0.39, 0.29) is 12.1 Å². The Hall–Kier alpha value is -0.570. The Morgan fingerprint density at radius 2 is 2.15 bits per heavy atom. The lowest BCUT2D eigenvalue weighted by Gasteiger charge is -2.29. The van der Waals surface area contributed by atoms with Crippen molar-refractivity contribution in [1.29, 1.82) is 0 Å². The highest BCUT2D eigenvalue weighted by atomic mass is 16.2. The first kappa shape index (κ1) is 10.5. The van der Waals surface area contributed by atoms with Crippen LogP contribution < -0.4 is 5.32 Å². The fraction of sp³-hybridized carbons (Fsp3) is 0.900. The monoisotopic (exact) mass is 184 g/mol. The zero-order valence-electron chi connectivity index (χ0n) is 9.00. The van der Waals surface area contributed by atoms with Crippen molar-refractivity contribution >= 4 is 5.91 Å². The second-order valence-corrected chi connectivity index (χ2v) is 4.34. The van der Waals surface area contributed by atoms with Gasteiger partial charge >= 0.3 is 0 Å². The first-order chi connectivity index (χ1) is 6.02. The van der Waals surface area contributed by atoms with E-state index in [4.69, 9.17) is 0 Å². The van der Waals surface area contributed by atoms with Crippen molar-refractivity contribution in [2.75, 3.05) is 6.54 Å². The molecule has 1 heterocycles. The summed E-state index contributed by atoms with van der Waals surface area (Å²) in [4.78, 5) is 13.4. The summed E-state index contributed by atoms with van der Waals surface area (Å²) in [6, 6.07) is 0.359. The largest absolute Gasteiger partial charge is 0.324 e. The molecular formula is C10H20N2O. The SMILES string of the molecule is CC(C)CC(C)N1C(=O)CNC1C. The highest BCUT2D eigenvalue weighted by molar-refractivity contribution is 5.80. The second kappa shape index (κ2) is 4.09. The van der Waals surface area contributed by atoms with Crippen LogP contribution in [-0.4, -0.2) is 29.6 Å². The molecule has 1 amide bonds. The molecule has 0 aromatic heterocycles. The van der Waals surface area contributed by atoms with Crippen LogP contribution >= 0.6 is 0 Å². The van der Waals surface area contributed by atoms with Crippen LogP contribution in [0.5, 0.6) is 0 Å². The Labute approximate surface area is 80.5 Å².